The molecule has 0 aromatic heterocycles. The monoisotopic (exact) mass is 490 g/mol. The van der Waals surface area contributed by atoms with Gasteiger partial charge in [0.05, 0.1) is 11.4 Å². The molecule has 2 aromatic rings. The van der Waals surface area contributed by atoms with E-state index in [0.717, 1.165) is 26.7 Å². The van der Waals surface area contributed by atoms with Crippen LogP contribution in [0.5, 0.6) is 11.5 Å². The van der Waals surface area contributed by atoms with Crippen LogP contribution in [0.3, 0.4) is 0 Å². The highest BCUT2D eigenvalue weighted by Crippen LogP contribution is 2.34. The van der Waals surface area contributed by atoms with Crippen molar-refractivity contribution in [3.63, 3.8) is 0 Å². The highest BCUT2D eigenvalue weighted by atomic mass is 79.9. The first kappa shape index (κ1) is 21.9. The van der Waals surface area contributed by atoms with E-state index in [1.54, 1.807) is 24.3 Å². The maximum atomic E-state index is 12.7. The van der Waals surface area contributed by atoms with Gasteiger partial charge in [0.25, 0.3) is 17.1 Å². The summed E-state index contributed by atoms with van der Waals surface area (Å²) >= 11 is 4.21. The number of nitrogens with two attached hydrogens (primary N) is 1. The second-order valence-electron chi connectivity index (χ2n) is 6.44. The van der Waals surface area contributed by atoms with Gasteiger partial charge in [0.2, 0.25) is 0 Å². The number of hydrogen-bond donors (Lipinski definition) is 1. The van der Waals surface area contributed by atoms with E-state index in [9.17, 15) is 14.4 Å². The average molecular weight is 491 g/mol. The number of carbonyl (C=O) groups is 3. The van der Waals surface area contributed by atoms with Gasteiger partial charge in [-0.25, -0.2) is 0 Å². The van der Waals surface area contributed by atoms with Crippen molar-refractivity contribution in [1.29, 1.82) is 0 Å². The number of carbonyl (C=O) groups excluding carboxylic acids is 3. The number of amides is 3. The zero-order valence-electron chi connectivity index (χ0n) is 16.1. The number of nitrogens with zero attached hydrogens (tertiary/aromatic N) is 1. The summed E-state index contributed by atoms with van der Waals surface area (Å²) in [7, 11) is 0. The van der Waals surface area contributed by atoms with Gasteiger partial charge < -0.3 is 15.2 Å². The third kappa shape index (κ3) is 5.64. The minimum atomic E-state index is -0.613. The minimum Gasteiger partial charge on any atom is -0.492 e. The van der Waals surface area contributed by atoms with Crippen molar-refractivity contribution in [2.45, 2.75) is 6.92 Å². The lowest BCUT2D eigenvalue weighted by Crippen LogP contribution is -2.32. The molecule has 0 radical (unpaired) electrons. The highest BCUT2D eigenvalue weighted by molar-refractivity contribution is 9.10. The van der Waals surface area contributed by atoms with Crippen molar-refractivity contribution in [3.05, 3.63) is 63.0 Å². The van der Waals surface area contributed by atoms with Gasteiger partial charge in [0, 0.05) is 10.0 Å². The predicted molar refractivity (Wildman–Crippen MR) is 118 cm³/mol. The Balaban J connectivity index is 1.70. The topological polar surface area (TPSA) is 98.9 Å². The predicted octanol–water partition coefficient (Wildman–Crippen LogP) is 3.74. The lowest BCUT2D eigenvalue weighted by atomic mass is 10.2. The molecule has 3 amide bonds. The number of ether oxygens (including phenoxy) is 2. The molecule has 3 rings (SSSR count). The summed E-state index contributed by atoms with van der Waals surface area (Å²) in [6, 6.07) is 12.7. The molecule has 0 aliphatic carbocycles. The van der Waals surface area contributed by atoms with Crippen molar-refractivity contribution in [2.24, 2.45) is 5.73 Å². The summed E-state index contributed by atoms with van der Waals surface area (Å²) in [6.07, 6.45) is 1.56. The lowest BCUT2D eigenvalue weighted by molar-refractivity contribution is -0.123. The first-order chi connectivity index (χ1) is 14.3. The van der Waals surface area contributed by atoms with Crippen molar-refractivity contribution >= 4 is 50.8 Å². The Bertz CT molecular complexity index is 1020. The number of aryl methyl sites for hydroxylation is 1. The van der Waals surface area contributed by atoms with E-state index in [0.29, 0.717) is 17.1 Å². The van der Waals surface area contributed by atoms with E-state index in [-0.39, 0.29) is 29.9 Å². The van der Waals surface area contributed by atoms with Crippen molar-refractivity contribution in [3.8, 4) is 11.5 Å². The van der Waals surface area contributed by atoms with Crippen LogP contribution in [0, 0.1) is 6.92 Å². The minimum absolute atomic E-state index is 0.138. The lowest BCUT2D eigenvalue weighted by Gasteiger charge is -2.13. The maximum Gasteiger partial charge on any atom is 0.293 e. The number of imide groups is 1. The molecule has 0 bridgehead atoms. The Morgan fingerprint density at radius 3 is 2.73 bits per heavy atom. The quantitative estimate of drug-likeness (QED) is 0.565. The van der Waals surface area contributed by atoms with Gasteiger partial charge in [0.15, 0.2) is 6.61 Å². The molecular weight excluding hydrogens is 472 g/mol. The Morgan fingerprint density at radius 1 is 1.20 bits per heavy atom. The number of halogens is 1. The Morgan fingerprint density at radius 2 is 2.00 bits per heavy atom. The Kier molecular flexibility index (Phi) is 7.17. The molecular formula is C21H19BrN2O5S. The maximum absolute atomic E-state index is 12.7. The fourth-order valence-electron chi connectivity index (χ4n) is 2.71. The fraction of sp³-hybridized carbons (Fsp3) is 0.190. The molecule has 0 atom stereocenters. The summed E-state index contributed by atoms with van der Waals surface area (Å²) in [5.41, 5.74) is 6.74. The molecule has 1 fully saturated rings. The molecule has 1 aliphatic heterocycles. The second-order valence-corrected chi connectivity index (χ2v) is 8.34. The normalized spacial score (nSPS) is 15.0. The molecule has 9 heteroatoms. The molecule has 1 aliphatic rings. The van der Waals surface area contributed by atoms with Crippen LogP contribution in [0.15, 0.2) is 51.8 Å². The van der Waals surface area contributed by atoms with Crippen molar-refractivity contribution in [2.75, 3.05) is 19.8 Å². The summed E-state index contributed by atoms with van der Waals surface area (Å²) < 4.78 is 11.8. The molecule has 0 saturated carbocycles. The SMILES string of the molecule is Cc1cccc(OCCN2C(=O)S/C(=C\c3cc(Br)ccc3OCC(N)=O)C2=O)c1. The van der Waals surface area contributed by atoms with Crippen LogP contribution in [-0.4, -0.2) is 41.7 Å². The van der Waals surface area contributed by atoms with E-state index in [1.165, 1.54) is 0 Å². The van der Waals surface area contributed by atoms with Gasteiger partial charge in [-0.1, -0.05) is 28.1 Å². The molecule has 1 saturated heterocycles. The number of thioether (sulfide) groups is 1. The first-order valence-electron chi connectivity index (χ1n) is 8.99. The van der Waals surface area contributed by atoms with E-state index in [4.69, 9.17) is 15.2 Å². The number of primary amides is 1. The van der Waals surface area contributed by atoms with E-state index in [1.807, 2.05) is 31.2 Å². The molecule has 0 unspecified atom stereocenters. The van der Waals surface area contributed by atoms with Crippen LogP contribution in [0.4, 0.5) is 4.79 Å². The molecule has 7 nitrogen and oxygen atoms in total. The molecule has 1 heterocycles. The van der Waals surface area contributed by atoms with Crippen LogP contribution in [0.2, 0.25) is 0 Å². The summed E-state index contributed by atoms with van der Waals surface area (Å²) in [5.74, 6) is 0.0472. The Labute approximate surface area is 186 Å². The van der Waals surface area contributed by atoms with Gasteiger partial charge in [-0.2, -0.15) is 0 Å². The molecule has 156 valence electrons. The Hall–Kier alpha value is -2.78. The van der Waals surface area contributed by atoms with Crippen molar-refractivity contribution < 1.29 is 23.9 Å². The van der Waals surface area contributed by atoms with Gasteiger partial charge in [-0.15, -0.1) is 0 Å². The van der Waals surface area contributed by atoms with Crippen LogP contribution in [-0.2, 0) is 9.59 Å². The zero-order chi connectivity index (χ0) is 21.7. The standard InChI is InChI=1S/C21H19BrN2O5S/c1-13-3-2-4-16(9-13)28-8-7-24-20(26)18(30-21(24)27)11-14-10-15(22)5-6-17(14)29-12-19(23)25/h2-6,9-11H,7-8,12H2,1H3,(H2,23,25)/b18-11-. The number of rotatable bonds is 8. The van der Waals surface area contributed by atoms with Crippen LogP contribution >= 0.6 is 27.7 Å². The first-order valence-corrected chi connectivity index (χ1v) is 10.6. The van der Waals surface area contributed by atoms with Gasteiger partial charge in [-0.05, 0) is 60.7 Å². The molecule has 0 spiro atoms. The van der Waals surface area contributed by atoms with E-state index in [2.05, 4.69) is 15.9 Å². The largest absolute Gasteiger partial charge is 0.492 e. The average Bonchev–Trinajstić information content (AvgIpc) is 2.95. The molecule has 30 heavy (non-hydrogen) atoms. The highest BCUT2D eigenvalue weighted by Gasteiger charge is 2.35. The smallest absolute Gasteiger partial charge is 0.293 e. The van der Waals surface area contributed by atoms with Gasteiger partial charge in [-0.3, -0.25) is 19.3 Å². The van der Waals surface area contributed by atoms with Crippen LogP contribution in [0.1, 0.15) is 11.1 Å². The van der Waals surface area contributed by atoms with Gasteiger partial charge in [0.1, 0.15) is 18.1 Å². The van der Waals surface area contributed by atoms with E-state index < -0.39 is 11.8 Å². The number of benzene rings is 2. The van der Waals surface area contributed by atoms with Gasteiger partial charge >= 0.3 is 0 Å². The second kappa shape index (κ2) is 9.82. The summed E-state index contributed by atoms with van der Waals surface area (Å²) in [6.45, 7) is 2.00. The third-order valence-corrected chi connectivity index (χ3v) is 5.48. The molecule has 2 aromatic carbocycles. The zero-order valence-corrected chi connectivity index (χ0v) is 18.5. The summed E-state index contributed by atoms with van der Waals surface area (Å²) in [5, 5.41) is -0.367. The number of hydrogen-bond acceptors (Lipinski definition) is 6. The third-order valence-electron chi connectivity index (χ3n) is 4.08. The van der Waals surface area contributed by atoms with Crippen molar-refractivity contribution in [1.82, 2.24) is 4.90 Å². The molecule has 2 N–H and O–H groups in total. The fourth-order valence-corrected chi connectivity index (χ4v) is 3.94. The van der Waals surface area contributed by atoms with Crippen LogP contribution in [0.25, 0.3) is 6.08 Å². The van der Waals surface area contributed by atoms with E-state index >= 15 is 0 Å². The summed E-state index contributed by atoms with van der Waals surface area (Å²) in [4.78, 5) is 37.4. The van der Waals surface area contributed by atoms with Crippen LogP contribution < -0.4 is 15.2 Å².